The van der Waals surface area contributed by atoms with Gasteiger partial charge in [-0.1, -0.05) is 103 Å². The van der Waals surface area contributed by atoms with E-state index in [1.54, 1.807) is 6.33 Å². The Hall–Kier alpha value is -12.0. The van der Waals surface area contributed by atoms with Crippen LogP contribution in [0.1, 0.15) is 103 Å². The van der Waals surface area contributed by atoms with Gasteiger partial charge in [0.25, 0.3) is 0 Å². The van der Waals surface area contributed by atoms with E-state index < -0.39 is 0 Å². The fourth-order valence-electron chi connectivity index (χ4n) is 18.4. The van der Waals surface area contributed by atoms with Gasteiger partial charge in [-0.15, -0.1) is 0 Å². The first-order valence-corrected chi connectivity index (χ1v) is 37.6. The monoisotopic (exact) mass is 1390 g/mol. The molecule has 0 unspecified atom stereocenters. The molecular formula is C99H88N8. The molecule has 0 amide bonds. The van der Waals surface area contributed by atoms with E-state index in [9.17, 15) is 0 Å². The van der Waals surface area contributed by atoms with Crippen molar-refractivity contribution in [1.29, 1.82) is 0 Å². The molecule has 8 nitrogen and oxygen atoms in total. The summed E-state index contributed by atoms with van der Waals surface area (Å²) in [6, 6.07) is 71.7. The highest BCUT2D eigenvalue weighted by Gasteiger charge is 2.30. The van der Waals surface area contributed by atoms with Gasteiger partial charge in [0.2, 0.25) is 0 Å². The Kier molecular flexibility index (Phi) is 16.5. The Morgan fingerprint density at radius 2 is 0.701 bits per heavy atom. The van der Waals surface area contributed by atoms with Gasteiger partial charge in [-0.25, -0.2) is 19.9 Å². The van der Waals surface area contributed by atoms with E-state index in [1.807, 2.05) is 6.92 Å². The third-order valence-electron chi connectivity index (χ3n) is 23.5. The van der Waals surface area contributed by atoms with E-state index in [-0.39, 0.29) is 0 Å². The van der Waals surface area contributed by atoms with Gasteiger partial charge in [-0.05, 0) is 348 Å². The lowest BCUT2D eigenvalue weighted by Gasteiger charge is -2.19. The van der Waals surface area contributed by atoms with Gasteiger partial charge >= 0.3 is 0 Å². The molecule has 11 aromatic carbocycles. The summed E-state index contributed by atoms with van der Waals surface area (Å²) in [6.45, 7) is 40.3. The maximum Gasteiger partial charge on any atom is 0.125 e. The summed E-state index contributed by atoms with van der Waals surface area (Å²) in [6.07, 6.45) is 1.67. The number of aromatic nitrogens is 8. The summed E-state index contributed by atoms with van der Waals surface area (Å²) in [5.41, 5.74) is 45.0. The molecule has 0 aliphatic heterocycles. The smallest absolute Gasteiger partial charge is 0.125 e. The molecule has 0 saturated carbocycles. The number of fused-ring (bicyclic) bond motifs is 8. The van der Waals surface area contributed by atoms with Crippen LogP contribution in [0.15, 0.2) is 194 Å². The molecule has 0 N–H and O–H groups in total. The first-order valence-electron chi connectivity index (χ1n) is 37.6. The summed E-state index contributed by atoms with van der Waals surface area (Å²) in [5, 5.41) is 9.70. The van der Waals surface area contributed by atoms with Crippen LogP contribution in [0.4, 0.5) is 0 Å². The number of hydrogen-bond acceptors (Lipinski definition) is 6. The molecule has 107 heavy (non-hydrogen) atoms. The molecule has 0 fully saturated rings. The van der Waals surface area contributed by atoms with Crippen LogP contribution in [0.5, 0.6) is 0 Å². The zero-order chi connectivity index (χ0) is 74.4. The number of aryl methyl sites for hydroxylation is 14. The summed E-state index contributed by atoms with van der Waals surface area (Å²) in [5.74, 6) is 0.783. The minimum Gasteiger partial charge on any atom is -0.340 e. The van der Waals surface area contributed by atoms with Crippen molar-refractivity contribution in [2.75, 3.05) is 0 Å². The fourth-order valence-corrected chi connectivity index (χ4v) is 18.4. The molecule has 17 rings (SSSR count). The SMILES string of the molecule is CCn1c2ccc(-c3ccc4ccc(-c5ccc6ccc(-n7c8c(C)c(C)c(C)c(-c9cccc(-c%10c(C)ncnc%10C)c9)c8c8c(-c9cccc(-c%10c(C)nc(C)nc%10C)c9)c(C)c(C)c(C)c87)cc6c5)cc4c3)cc2c2cc(-c3cccc(-c4c(C)cc(C)nc4C)c3)cc(-c3c(C)cc(C)nc3C)c21. The Bertz CT molecular complexity index is 6600. The normalized spacial score (nSPS) is 11.9. The first-order chi connectivity index (χ1) is 51.5. The van der Waals surface area contributed by atoms with Gasteiger partial charge < -0.3 is 9.13 Å². The summed E-state index contributed by atoms with van der Waals surface area (Å²) in [4.78, 5) is 29.2. The molecule has 8 heteroatoms. The molecule has 0 spiro atoms. The molecule has 6 heterocycles. The van der Waals surface area contributed by atoms with E-state index >= 15 is 0 Å². The predicted molar refractivity (Wildman–Crippen MR) is 451 cm³/mol. The van der Waals surface area contributed by atoms with E-state index in [0.29, 0.717) is 0 Å². The van der Waals surface area contributed by atoms with E-state index in [1.165, 1.54) is 176 Å². The Labute approximate surface area is 627 Å². The molecule has 524 valence electrons. The lowest BCUT2D eigenvalue weighted by Crippen LogP contribution is -2.01. The van der Waals surface area contributed by atoms with Gasteiger partial charge in [0, 0.05) is 113 Å². The average Bonchev–Trinajstić information content (AvgIpc) is 1.54. The molecule has 0 radical (unpaired) electrons. The van der Waals surface area contributed by atoms with Crippen LogP contribution in [0.3, 0.4) is 0 Å². The van der Waals surface area contributed by atoms with Gasteiger partial charge in [0.1, 0.15) is 12.2 Å². The Balaban J connectivity index is 0.820. The van der Waals surface area contributed by atoms with Crippen LogP contribution in [0.2, 0.25) is 0 Å². The highest BCUT2D eigenvalue weighted by molar-refractivity contribution is 6.24. The maximum atomic E-state index is 5.10. The van der Waals surface area contributed by atoms with E-state index in [0.717, 1.165) is 97.0 Å². The van der Waals surface area contributed by atoms with Crippen molar-refractivity contribution in [2.45, 2.75) is 131 Å². The number of pyridine rings is 2. The molecule has 6 aromatic heterocycles. The van der Waals surface area contributed by atoms with Gasteiger partial charge in [0.15, 0.2) is 0 Å². The third-order valence-corrected chi connectivity index (χ3v) is 23.5. The number of benzene rings is 11. The highest BCUT2D eigenvalue weighted by Crippen LogP contribution is 2.52. The van der Waals surface area contributed by atoms with Crippen molar-refractivity contribution >= 4 is 65.2 Å². The molecule has 0 aliphatic rings. The van der Waals surface area contributed by atoms with Crippen molar-refractivity contribution in [1.82, 2.24) is 39.0 Å². The van der Waals surface area contributed by atoms with Gasteiger partial charge in [-0.2, -0.15) is 0 Å². The zero-order valence-corrected chi connectivity index (χ0v) is 64.8. The van der Waals surface area contributed by atoms with Gasteiger partial charge in [0.05, 0.1) is 16.6 Å². The van der Waals surface area contributed by atoms with Crippen molar-refractivity contribution < 1.29 is 0 Å². The second-order valence-corrected chi connectivity index (χ2v) is 30.3. The summed E-state index contributed by atoms with van der Waals surface area (Å²) < 4.78 is 5.13. The number of hydrogen-bond donors (Lipinski definition) is 0. The lowest BCUT2D eigenvalue weighted by atomic mass is 9.84. The largest absolute Gasteiger partial charge is 0.340 e. The zero-order valence-electron chi connectivity index (χ0n) is 64.8. The van der Waals surface area contributed by atoms with Gasteiger partial charge in [-0.3, -0.25) is 9.97 Å². The van der Waals surface area contributed by atoms with Crippen LogP contribution in [-0.2, 0) is 6.54 Å². The molecule has 0 aliphatic carbocycles. The topological polar surface area (TPSA) is 87.2 Å². The van der Waals surface area contributed by atoms with Crippen molar-refractivity contribution in [3.05, 3.63) is 290 Å². The standard InChI is InChI=1S/C99H88N8/c1-19-106-88-38-36-75(48-85(88)86-49-83(50-87(99(86)106)90-53(3)40-55(5)103-65(90)15)71-23-20-24-76(41-71)89-52(2)39-54(4)102-64(89)14)74-34-30-69-29-32-72(42-81(69)43-74)73-33-31-70-35-37-84(47-82(70)44-73)107-97-60(10)56(6)58(8)91(77-25-21-27-79(45-77)93-62(12)100-51-101-63(93)13)95(97)96-92(59(9)57(7)61(11)98(96)107)78-26-22-28-80(46-78)94-66(16)104-68(18)105-67(94)17/h20-51H,19H2,1-18H3. The Morgan fingerprint density at radius 3 is 1.21 bits per heavy atom. The van der Waals surface area contributed by atoms with E-state index in [2.05, 4.69) is 315 Å². The number of nitrogens with zero attached hydrogens (tertiary/aromatic N) is 8. The Morgan fingerprint density at radius 1 is 0.290 bits per heavy atom. The second-order valence-electron chi connectivity index (χ2n) is 30.3. The van der Waals surface area contributed by atoms with Crippen molar-refractivity contribution in [3.8, 4) is 106 Å². The fraction of sp³-hybridized carbons (Fsp3) is 0.192. The molecule has 0 saturated heterocycles. The van der Waals surface area contributed by atoms with Crippen LogP contribution in [0, 0.1) is 118 Å². The summed E-state index contributed by atoms with van der Waals surface area (Å²) >= 11 is 0. The molecule has 0 atom stereocenters. The quantitative estimate of drug-likeness (QED) is 0.128. The molecule has 0 bridgehead atoms. The predicted octanol–water partition coefficient (Wildman–Crippen LogP) is 25.8. The summed E-state index contributed by atoms with van der Waals surface area (Å²) in [7, 11) is 0. The number of rotatable bonds is 11. The second kappa shape index (κ2) is 26.0. The average molecular weight is 1390 g/mol. The maximum absolute atomic E-state index is 5.10. The first kappa shape index (κ1) is 68.1. The van der Waals surface area contributed by atoms with Crippen molar-refractivity contribution in [2.24, 2.45) is 0 Å². The van der Waals surface area contributed by atoms with Crippen molar-refractivity contribution in [3.63, 3.8) is 0 Å². The van der Waals surface area contributed by atoms with Crippen LogP contribution >= 0.6 is 0 Å². The van der Waals surface area contributed by atoms with Crippen LogP contribution in [0.25, 0.3) is 171 Å². The van der Waals surface area contributed by atoms with Crippen LogP contribution in [-0.4, -0.2) is 39.0 Å². The lowest BCUT2D eigenvalue weighted by molar-refractivity contribution is 0.827. The molecular weight excluding hydrogens is 1300 g/mol. The molecule has 17 aromatic rings. The van der Waals surface area contributed by atoms with Crippen LogP contribution < -0.4 is 0 Å². The van der Waals surface area contributed by atoms with E-state index in [4.69, 9.17) is 29.9 Å². The minimum absolute atomic E-state index is 0.783. The minimum atomic E-state index is 0.783. The third kappa shape index (κ3) is 11.2. The highest BCUT2D eigenvalue weighted by atomic mass is 15.0.